The molecule has 1 atom stereocenters. The molecular weight excluding hydrogens is 338 g/mol. The summed E-state index contributed by atoms with van der Waals surface area (Å²) in [6.07, 6.45) is 3.07. The lowest BCUT2D eigenvalue weighted by Crippen LogP contribution is -2.31. The maximum atomic E-state index is 12.2. The van der Waals surface area contributed by atoms with Crippen molar-refractivity contribution >= 4 is 5.78 Å². The third-order valence-electron chi connectivity index (χ3n) is 4.68. The second-order valence-corrected chi connectivity index (χ2v) is 7.12. The van der Waals surface area contributed by atoms with E-state index in [4.69, 9.17) is 9.47 Å². The molecule has 0 saturated carbocycles. The molecule has 4 heteroatoms. The lowest BCUT2D eigenvalue weighted by atomic mass is 9.90. The molecule has 4 nitrogen and oxygen atoms in total. The Kier molecular flexibility index (Phi) is 6.30. The molecule has 0 bridgehead atoms. The van der Waals surface area contributed by atoms with Gasteiger partial charge in [0, 0.05) is 12.5 Å². The number of hydrogen-bond donors (Lipinski definition) is 1. The van der Waals surface area contributed by atoms with Crippen LogP contribution >= 0.6 is 0 Å². The van der Waals surface area contributed by atoms with Crippen LogP contribution < -0.4 is 14.8 Å². The highest BCUT2D eigenvalue weighted by Gasteiger charge is 2.24. The molecule has 27 heavy (non-hydrogen) atoms. The van der Waals surface area contributed by atoms with E-state index in [0.29, 0.717) is 18.8 Å². The Balaban J connectivity index is 1.81. The van der Waals surface area contributed by atoms with Gasteiger partial charge < -0.3 is 14.8 Å². The Labute approximate surface area is 161 Å². The zero-order valence-electron chi connectivity index (χ0n) is 16.2. The van der Waals surface area contributed by atoms with E-state index in [-0.39, 0.29) is 11.8 Å². The molecule has 142 valence electrons. The number of carbonyl (C=O) groups excluding carboxylic acids is 1. The van der Waals surface area contributed by atoms with E-state index in [9.17, 15) is 4.79 Å². The minimum atomic E-state index is 0.00826. The van der Waals surface area contributed by atoms with Crippen LogP contribution in [0.4, 0.5) is 0 Å². The van der Waals surface area contributed by atoms with Crippen molar-refractivity contribution in [3.05, 3.63) is 70.8 Å². The topological polar surface area (TPSA) is 47.6 Å². The molecule has 1 aliphatic rings. The first-order valence-electron chi connectivity index (χ1n) is 9.35. The fraction of sp³-hybridized carbons (Fsp3) is 0.348. The summed E-state index contributed by atoms with van der Waals surface area (Å²) in [7, 11) is 1.65. The molecule has 0 aliphatic carbocycles. The van der Waals surface area contributed by atoms with Crippen LogP contribution in [0.1, 0.15) is 43.0 Å². The second-order valence-electron chi connectivity index (χ2n) is 7.12. The number of benzene rings is 2. The van der Waals surface area contributed by atoms with E-state index < -0.39 is 0 Å². The highest BCUT2D eigenvalue weighted by molar-refractivity contribution is 5.90. The monoisotopic (exact) mass is 365 g/mol. The van der Waals surface area contributed by atoms with E-state index in [1.54, 1.807) is 13.2 Å². The Hall–Kier alpha value is -2.59. The van der Waals surface area contributed by atoms with Gasteiger partial charge in [-0.3, -0.25) is 4.79 Å². The summed E-state index contributed by atoms with van der Waals surface area (Å²) in [6.45, 7) is 5.24. The van der Waals surface area contributed by atoms with Gasteiger partial charge in [-0.05, 0) is 61.7 Å². The number of methoxy groups -OCH3 is 1. The van der Waals surface area contributed by atoms with E-state index >= 15 is 0 Å². The molecule has 0 fully saturated rings. The SMILES string of the molecule is COc1cc2c(cc1OCc1ccccc1)CCNC2CC(=O)C=C(C)C. The zero-order valence-corrected chi connectivity index (χ0v) is 16.2. The predicted molar refractivity (Wildman–Crippen MR) is 107 cm³/mol. The molecule has 0 saturated heterocycles. The number of rotatable bonds is 7. The summed E-state index contributed by atoms with van der Waals surface area (Å²) >= 11 is 0. The number of nitrogens with one attached hydrogen (secondary N) is 1. The highest BCUT2D eigenvalue weighted by atomic mass is 16.5. The largest absolute Gasteiger partial charge is 0.493 e. The van der Waals surface area contributed by atoms with Crippen molar-refractivity contribution in [2.24, 2.45) is 0 Å². The number of allylic oxidation sites excluding steroid dienone is 2. The van der Waals surface area contributed by atoms with E-state index in [1.165, 1.54) is 5.56 Å². The quantitative estimate of drug-likeness (QED) is 0.740. The molecule has 0 amide bonds. The van der Waals surface area contributed by atoms with Crippen LogP contribution in [0.2, 0.25) is 0 Å². The van der Waals surface area contributed by atoms with Gasteiger partial charge in [-0.15, -0.1) is 0 Å². The molecule has 0 spiro atoms. The summed E-state index contributed by atoms with van der Waals surface area (Å²) < 4.78 is 11.6. The van der Waals surface area contributed by atoms with Crippen molar-refractivity contribution in [3.8, 4) is 11.5 Å². The number of ether oxygens (including phenoxy) is 2. The average Bonchev–Trinajstić information content (AvgIpc) is 2.66. The van der Waals surface area contributed by atoms with E-state index in [2.05, 4.69) is 11.4 Å². The minimum absolute atomic E-state index is 0.00826. The summed E-state index contributed by atoms with van der Waals surface area (Å²) in [4.78, 5) is 12.2. The molecule has 0 radical (unpaired) electrons. The fourth-order valence-electron chi connectivity index (χ4n) is 3.42. The standard InChI is InChI=1S/C23H27NO3/c1-16(2)11-19(25)13-21-20-14-22(26-3)23(12-18(20)9-10-24-21)27-15-17-7-5-4-6-8-17/h4-8,11-12,14,21,24H,9-10,13,15H2,1-3H3. The van der Waals surface area contributed by atoms with Gasteiger partial charge >= 0.3 is 0 Å². The van der Waals surface area contributed by atoms with Crippen molar-refractivity contribution in [1.82, 2.24) is 5.32 Å². The molecule has 1 aliphatic heterocycles. The van der Waals surface area contributed by atoms with Gasteiger partial charge in [0.25, 0.3) is 0 Å². The van der Waals surface area contributed by atoms with Gasteiger partial charge in [0.1, 0.15) is 6.61 Å². The van der Waals surface area contributed by atoms with Gasteiger partial charge in [-0.2, -0.15) is 0 Å². The van der Waals surface area contributed by atoms with Gasteiger partial charge in [-0.25, -0.2) is 0 Å². The van der Waals surface area contributed by atoms with Crippen LogP contribution in [0.3, 0.4) is 0 Å². The molecule has 3 rings (SSSR count). The number of ketones is 1. The first-order valence-corrected chi connectivity index (χ1v) is 9.35. The van der Waals surface area contributed by atoms with Crippen molar-refractivity contribution in [2.45, 2.75) is 39.3 Å². The van der Waals surface area contributed by atoms with Crippen LogP contribution in [0.5, 0.6) is 11.5 Å². The van der Waals surface area contributed by atoms with Crippen LogP contribution in [0.15, 0.2) is 54.1 Å². The molecule has 1 unspecified atom stereocenters. The van der Waals surface area contributed by atoms with Gasteiger partial charge in [0.15, 0.2) is 17.3 Å². The average molecular weight is 365 g/mol. The number of carbonyl (C=O) groups is 1. The predicted octanol–water partition coefficient (Wildman–Crippen LogP) is 4.39. The summed E-state index contributed by atoms with van der Waals surface area (Å²) in [5.41, 5.74) is 4.48. The van der Waals surface area contributed by atoms with Crippen molar-refractivity contribution in [1.29, 1.82) is 0 Å². The molecule has 2 aromatic carbocycles. The third-order valence-corrected chi connectivity index (χ3v) is 4.68. The van der Waals surface area contributed by atoms with Crippen LogP contribution in [0.25, 0.3) is 0 Å². The van der Waals surface area contributed by atoms with Crippen molar-refractivity contribution < 1.29 is 14.3 Å². The van der Waals surface area contributed by atoms with E-state index in [1.807, 2.05) is 50.2 Å². The zero-order chi connectivity index (χ0) is 19.2. The van der Waals surface area contributed by atoms with Crippen molar-refractivity contribution in [2.75, 3.05) is 13.7 Å². The minimum Gasteiger partial charge on any atom is -0.493 e. The lowest BCUT2D eigenvalue weighted by molar-refractivity contribution is -0.115. The smallest absolute Gasteiger partial charge is 0.161 e. The van der Waals surface area contributed by atoms with Gasteiger partial charge in [-0.1, -0.05) is 35.9 Å². The van der Waals surface area contributed by atoms with Crippen molar-refractivity contribution in [3.63, 3.8) is 0 Å². The maximum absolute atomic E-state index is 12.2. The normalized spacial score (nSPS) is 15.6. The number of fused-ring (bicyclic) bond motifs is 1. The lowest BCUT2D eigenvalue weighted by Gasteiger charge is -2.27. The van der Waals surface area contributed by atoms with Gasteiger partial charge in [0.2, 0.25) is 0 Å². The number of hydrogen-bond acceptors (Lipinski definition) is 4. The molecular formula is C23H27NO3. The maximum Gasteiger partial charge on any atom is 0.161 e. The first-order chi connectivity index (χ1) is 13.1. The molecule has 1 heterocycles. The Morgan fingerprint density at radius 3 is 2.67 bits per heavy atom. The molecule has 1 N–H and O–H groups in total. The first kappa shape index (κ1) is 19.2. The van der Waals surface area contributed by atoms with E-state index in [0.717, 1.165) is 35.4 Å². The summed E-state index contributed by atoms with van der Waals surface area (Å²) in [6, 6.07) is 14.2. The Morgan fingerprint density at radius 1 is 1.19 bits per heavy atom. The fourth-order valence-corrected chi connectivity index (χ4v) is 3.42. The Bertz CT molecular complexity index is 823. The summed E-state index contributed by atoms with van der Waals surface area (Å²) in [5, 5.41) is 3.46. The third kappa shape index (κ3) is 4.98. The highest BCUT2D eigenvalue weighted by Crippen LogP contribution is 2.36. The van der Waals surface area contributed by atoms with Crippen LogP contribution in [-0.2, 0) is 17.8 Å². The second kappa shape index (κ2) is 8.87. The van der Waals surface area contributed by atoms with Crippen LogP contribution in [0, 0.1) is 0 Å². The Morgan fingerprint density at radius 2 is 1.96 bits per heavy atom. The molecule has 2 aromatic rings. The molecule has 0 aromatic heterocycles. The van der Waals surface area contributed by atoms with Gasteiger partial charge in [0.05, 0.1) is 7.11 Å². The van der Waals surface area contributed by atoms with Crippen LogP contribution in [-0.4, -0.2) is 19.4 Å². The summed E-state index contributed by atoms with van der Waals surface area (Å²) in [5.74, 6) is 1.59.